The van der Waals surface area contributed by atoms with E-state index in [1.54, 1.807) is 10.9 Å². The summed E-state index contributed by atoms with van der Waals surface area (Å²) in [5.41, 5.74) is 7.69. The number of rotatable bonds is 2. The van der Waals surface area contributed by atoms with Crippen molar-refractivity contribution in [2.45, 2.75) is 0 Å². The Hall–Kier alpha value is -1.88. The van der Waals surface area contributed by atoms with Gasteiger partial charge in [-0.25, -0.2) is 14.7 Å². The SMILES string of the molecule is NC(=O)N(c1ccccc1)c1cscn1. The smallest absolute Gasteiger partial charge is 0.325 e. The second-order valence-corrected chi connectivity index (χ2v) is 3.57. The minimum absolute atomic E-state index is 0.535. The second-order valence-electron chi connectivity index (χ2n) is 2.86. The molecule has 0 bridgehead atoms. The van der Waals surface area contributed by atoms with E-state index < -0.39 is 6.03 Å². The van der Waals surface area contributed by atoms with E-state index in [-0.39, 0.29) is 0 Å². The first-order valence-electron chi connectivity index (χ1n) is 4.32. The van der Waals surface area contributed by atoms with E-state index in [9.17, 15) is 4.79 Å². The van der Waals surface area contributed by atoms with Crippen molar-refractivity contribution in [1.29, 1.82) is 0 Å². The number of benzene rings is 1. The van der Waals surface area contributed by atoms with Crippen molar-refractivity contribution >= 4 is 28.9 Å². The van der Waals surface area contributed by atoms with Gasteiger partial charge in [0.1, 0.15) is 0 Å². The Morgan fingerprint density at radius 2 is 2.07 bits per heavy atom. The van der Waals surface area contributed by atoms with E-state index in [0.717, 1.165) is 5.69 Å². The molecule has 2 amide bonds. The second kappa shape index (κ2) is 4.10. The highest BCUT2D eigenvalue weighted by molar-refractivity contribution is 7.07. The molecule has 0 unspecified atom stereocenters. The summed E-state index contributed by atoms with van der Waals surface area (Å²) in [6.07, 6.45) is 0. The maximum absolute atomic E-state index is 11.3. The fraction of sp³-hybridized carbons (Fsp3) is 0. The van der Waals surface area contributed by atoms with Crippen molar-refractivity contribution in [1.82, 2.24) is 4.98 Å². The van der Waals surface area contributed by atoms with Crippen LogP contribution < -0.4 is 10.6 Å². The highest BCUT2D eigenvalue weighted by Gasteiger charge is 2.15. The largest absolute Gasteiger partial charge is 0.351 e. The van der Waals surface area contributed by atoms with Crippen LogP contribution >= 0.6 is 11.3 Å². The third kappa shape index (κ3) is 1.97. The zero-order chi connectivity index (χ0) is 10.7. The molecule has 2 rings (SSSR count). The number of aromatic nitrogens is 1. The number of nitrogens with two attached hydrogens (primary N) is 1. The molecule has 76 valence electrons. The van der Waals surface area contributed by atoms with Crippen LogP contribution in [0.5, 0.6) is 0 Å². The summed E-state index contributed by atoms with van der Waals surface area (Å²) < 4.78 is 0. The fourth-order valence-corrected chi connectivity index (χ4v) is 1.78. The monoisotopic (exact) mass is 219 g/mol. The number of hydrogen-bond acceptors (Lipinski definition) is 3. The maximum atomic E-state index is 11.3. The number of thiazole rings is 1. The van der Waals surface area contributed by atoms with E-state index >= 15 is 0 Å². The van der Waals surface area contributed by atoms with Crippen LogP contribution in [0.25, 0.3) is 0 Å². The number of para-hydroxylation sites is 1. The molecule has 0 fully saturated rings. The Labute approximate surface area is 91.0 Å². The summed E-state index contributed by atoms with van der Waals surface area (Å²) in [7, 11) is 0. The Morgan fingerprint density at radius 3 is 2.60 bits per heavy atom. The van der Waals surface area contributed by atoms with Crippen molar-refractivity contribution in [3.8, 4) is 0 Å². The van der Waals surface area contributed by atoms with Gasteiger partial charge < -0.3 is 5.73 Å². The quantitative estimate of drug-likeness (QED) is 0.842. The minimum Gasteiger partial charge on any atom is -0.351 e. The highest BCUT2D eigenvalue weighted by Crippen LogP contribution is 2.23. The van der Waals surface area contributed by atoms with Crippen LogP contribution in [0.15, 0.2) is 41.2 Å². The number of hydrogen-bond donors (Lipinski definition) is 1. The molecule has 4 nitrogen and oxygen atoms in total. The predicted octanol–water partition coefficient (Wildman–Crippen LogP) is 2.36. The zero-order valence-corrected chi connectivity index (χ0v) is 8.65. The Balaban J connectivity index is 2.42. The highest BCUT2D eigenvalue weighted by atomic mass is 32.1. The van der Waals surface area contributed by atoms with Gasteiger partial charge in [-0.2, -0.15) is 0 Å². The lowest BCUT2D eigenvalue weighted by Crippen LogP contribution is -2.31. The molecule has 0 saturated heterocycles. The van der Waals surface area contributed by atoms with Crippen molar-refractivity contribution < 1.29 is 4.79 Å². The Bertz CT molecular complexity index is 441. The number of primary amides is 1. The fourth-order valence-electron chi connectivity index (χ4n) is 1.27. The molecule has 0 aliphatic rings. The summed E-state index contributed by atoms with van der Waals surface area (Å²) >= 11 is 1.42. The van der Waals surface area contributed by atoms with E-state index in [1.807, 2.05) is 30.3 Å². The molecule has 0 aliphatic carbocycles. The average molecular weight is 219 g/mol. The van der Waals surface area contributed by atoms with Crippen LogP contribution in [0, 0.1) is 0 Å². The van der Waals surface area contributed by atoms with Gasteiger partial charge in [-0.15, -0.1) is 11.3 Å². The van der Waals surface area contributed by atoms with Gasteiger partial charge in [0.15, 0.2) is 5.82 Å². The molecular weight excluding hydrogens is 210 g/mol. The molecule has 1 heterocycles. The zero-order valence-electron chi connectivity index (χ0n) is 7.83. The first-order valence-corrected chi connectivity index (χ1v) is 5.26. The normalized spacial score (nSPS) is 9.87. The number of urea groups is 1. The van der Waals surface area contributed by atoms with Crippen LogP contribution in [-0.2, 0) is 0 Å². The molecule has 0 spiro atoms. The lowest BCUT2D eigenvalue weighted by molar-refractivity contribution is 0.256. The maximum Gasteiger partial charge on any atom is 0.325 e. The van der Waals surface area contributed by atoms with Crippen molar-refractivity contribution in [3.63, 3.8) is 0 Å². The first kappa shape index (κ1) is 9.67. The topological polar surface area (TPSA) is 59.2 Å². The minimum atomic E-state index is -0.535. The van der Waals surface area contributed by atoms with E-state index in [0.29, 0.717) is 5.82 Å². The Morgan fingerprint density at radius 1 is 1.33 bits per heavy atom. The standard InChI is InChI=1S/C10H9N3OS/c11-10(14)13(9-6-15-7-12-9)8-4-2-1-3-5-8/h1-7H,(H2,11,14). The average Bonchev–Trinajstić information content (AvgIpc) is 2.72. The summed E-state index contributed by atoms with van der Waals surface area (Å²) in [5.74, 6) is 0.554. The van der Waals surface area contributed by atoms with E-state index in [1.165, 1.54) is 16.2 Å². The number of nitrogens with zero attached hydrogens (tertiary/aromatic N) is 2. The van der Waals surface area contributed by atoms with Gasteiger partial charge in [-0.05, 0) is 12.1 Å². The summed E-state index contributed by atoms with van der Waals surface area (Å²) in [6, 6.07) is 8.65. The number of carbonyl (C=O) groups excluding carboxylic acids is 1. The van der Waals surface area contributed by atoms with Crippen LogP contribution in [0.2, 0.25) is 0 Å². The lowest BCUT2D eigenvalue weighted by Gasteiger charge is -2.17. The molecular formula is C10H9N3OS. The molecule has 0 radical (unpaired) electrons. The van der Waals surface area contributed by atoms with Crippen molar-refractivity contribution in [2.75, 3.05) is 4.90 Å². The van der Waals surface area contributed by atoms with Crippen LogP contribution in [0.1, 0.15) is 0 Å². The van der Waals surface area contributed by atoms with Crippen LogP contribution in [0.3, 0.4) is 0 Å². The van der Waals surface area contributed by atoms with E-state index in [4.69, 9.17) is 5.73 Å². The summed E-state index contributed by atoms with van der Waals surface area (Å²) in [4.78, 5) is 16.7. The first-order chi connectivity index (χ1) is 7.29. The van der Waals surface area contributed by atoms with Gasteiger partial charge in [0.05, 0.1) is 11.2 Å². The summed E-state index contributed by atoms with van der Waals surface area (Å²) in [5, 5.41) is 1.78. The third-order valence-corrected chi connectivity index (χ3v) is 2.46. The molecule has 1 aromatic carbocycles. The van der Waals surface area contributed by atoms with Crippen LogP contribution in [-0.4, -0.2) is 11.0 Å². The third-order valence-electron chi connectivity index (χ3n) is 1.88. The number of anilines is 2. The molecule has 0 aliphatic heterocycles. The molecule has 2 aromatic rings. The number of carbonyl (C=O) groups is 1. The van der Waals surface area contributed by atoms with Gasteiger partial charge in [0.2, 0.25) is 0 Å². The Kier molecular flexibility index (Phi) is 2.64. The van der Waals surface area contributed by atoms with E-state index in [2.05, 4.69) is 4.98 Å². The van der Waals surface area contributed by atoms with Gasteiger partial charge in [-0.3, -0.25) is 0 Å². The molecule has 0 saturated carbocycles. The molecule has 0 atom stereocenters. The molecule has 5 heteroatoms. The van der Waals surface area contributed by atoms with Crippen molar-refractivity contribution in [2.24, 2.45) is 5.73 Å². The molecule has 2 N–H and O–H groups in total. The lowest BCUT2D eigenvalue weighted by atomic mass is 10.3. The number of amides is 2. The van der Waals surface area contributed by atoms with Gasteiger partial charge in [0, 0.05) is 5.38 Å². The van der Waals surface area contributed by atoms with Gasteiger partial charge in [-0.1, -0.05) is 18.2 Å². The summed E-state index contributed by atoms with van der Waals surface area (Å²) in [6.45, 7) is 0. The van der Waals surface area contributed by atoms with Crippen LogP contribution in [0.4, 0.5) is 16.3 Å². The van der Waals surface area contributed by atoms with Crippen molar-refractivity contribution in [3.05, 3.63) is 41.2 Å². The molecule has 15 heavy (non-hydrogen) atoms. The van der Waals surface area contributed by atoms with Gasteiger partial charge >= 0.3 is 6.03 Å². The predicted molar refractivity (Wildman–Crippen MR) is 60.3 cm³/mol. The van der Waals surface area contributed by atoms with Gasteiger partial charge in [0.25, 0.3) is 0 Å². The molecule has 1 aromatic heterocycles.